The van der Waals surface area contributed by atoms with Crippen LogP contribution in [0.5, 0.6) is 5.88 Å². The molecule has 4 nitrogen and oxygen atoms in total. The largest absolute Gasteiger partial charge is 0.474 e. The minimum absolute atomic E-state index is 0.243. The van der Waals surface area contributed by atoms with Gasteiger partial charge in [-0.3, -0.25) is 0 Å². The van der Waals surface area contributed by atoms with Gasteiger partial charge < -0.3 is 9.64 Å². The van der Waals surface area contributed by atoms with Gasteiger partial charge in [0.1, 0.15) is 6.10 Å². The zero-order valence-corrected chi connectivity index (χ0v) is 11.8. The lowest BCUT2D eigenvalue weighted by atomic mass is 10.3. The van der Waals surface area contributed by atoms with Gasteiger partial charge in [-0.05, 0) is 19.9 Å². The van der Waals surface area contributed by atoms with Crippen LogP contribution in [0.25, 0.3) is 0 Å². The van der Waals surface area contributed by atoms with Crippen LogP contribution in [0, 0.1) is 6.92 Å². The molecule has 2 rings (SSSR count). The highest BCUT2D eigenvalue weighted by Crippen LogP contribution is 2.22. The minimum Gasteiger partial charge on any atom is -0.474 e. The predicted octanol–water partition coefficient (Wildman–Crippen LogP) is 3.10. The Labute approximate surface area is 114 Å². The van der Waals surface area contributed by atoms with Crippen LogP contribution in [-0.2, 0) is 0 Å². The SMILES string of the molecule is CCN(C)C=Nc1ccc(OC2CC=CC2)nc1C. The zero-order valence-electron chi connectivity index (χ0n) is 11.8. The summed E-state index contributed by atoms with van der Waals surface area (Å²) in [5.74, 6) is 0.689. The van der Waals surface area contributed by atoms with Crippen molar-refractivity contribution in [2.24, 2.45) is 4.99 Å². The fourth-order valence-electron chi connectivity index (χ4n) is 1.83. The number of rotatable bonds is 5. The third kappa shape index (κ3) is 3.81. The molecule has 0 aromatic carbocycles. The number of aryl methyl sites for hydroxylation is 1. The molecule has 1 aliphatic rings. The summed E-state index contributed by atoms with van der Waals surface area (Å²) in [6.45, 7) is 4.98. The van der Waals surface area contributed by atoms with E-state index in [4.69, 9.17) is 4.74 Å². The number of aromatic nitrogens is 1. The number of pyridine rings is 1. The molecule has 4 heteroatoms. The molecule has 1 aromatic heterocycles. The Kier molecular flexibility index (Phi) is 4.55. The van der Waals surface area contributed by atoms with Crippen LogP contribution in [0.1, 0.15) is 25.5 Å². The first-order chi connectivity index (χ1) is 9.19. The molecule has 19 heavy (non-hydrogen) atoms. The highest BCUT2D eigenvalue weighted by molar-refractivity contribution is 5.62. The summed E-state index contributed by atoms with van der Waals surface area (Å²) in [4.78, 5) is 10.9. The summed E-state index contributed by atoms with van der Waals surface area (Å²) in [6, 6.07) is 3.85. The van der Waals surface area contributed by atoms with E-state index in [-0.39, 0.29) is 6.10 Å². The molecule has 1 heterocycles. The lowest BCUT2D eigenvalue weighted by Crippen LogP contribution is -2.14. The zero-order chi connectivity index (χ0) is 13.7. The van der Waals surface area contributed by atoms with Crippen molar-refractivity contribution in [2.45, 2.75) is 32.8 Å². The van der Waals surface area contributed by atoms with E-state index in [1.165, 1.54) is 0 Å². The maximum atomic E-state index is 5.82. The van der Waals surface area contributed by atoms with Gasteiger partial charge >= 0.3 is 0 Å². The lowest BCUT2D eigenvalue weighted by Gasteiger charge is -2.13. The molecule has 1 aromatic rings. The second-order valence-corrected chi connectivity index (χ2v) is 4.75. The minimum atomic E-state index is 0.243. The van der Waals surface area contributed by atoms with E-state index in [1.807, 2.05) is 37.3 Å². The Morgan fingerprint density at radius 3 is 2.79 bits per heavy atom. The molecular formula is C15H21N3O. The van der Waals surface area contributed by atoms with Gasteiger partial charge in [-0.2, -0.15) is 0 Å². The molecule has 0 aliphatic heterocycles. The number of nitrogens with zero attached hydrogens (tertiary/aromatic N) is 3. The molecule has 0 saturated carbocycles. The van der Waals surface area contributed by atoms with Crippen molar-refractivity contribution in [2.75, 3.05) is 13.6 Å². The van der Waals surface area contributed by atoms with Gasteiger partial charge in [-0.25, -0.2) is 9.98 Å². The van der Waals surface area contributed by atoms with Crippen molar-refractivity contribution in [1.82, 2.24) is 9.88 Å². The molecule has 0 unspecified atom stereocenters. The smallest absolute Gasteiger partial charge is 0.213 e. The summed E-state index contributed by atoms with van der Waals surface area (Å²) in [7, 11) is 2.00. The summed E-state index contributed by atoms with van der Waals surface area (Å²) < 4.78 is 5.82. The van der Waals surface area contributed by atoms with E-state index >= 15 is 0 Å². The van der Waals surface area contributed by atoms with Gasteiger partial charge in [0, 0.05) is 32.5 Å². The Bertz CT molecular complexity index is 474. The van der Waals surface area contributed by atoms with Crippen molar-refractivity contribution in [3.63, 3.8) is 0 Å². The van der Waals surface area contributed by atoms with Crippen molar-refractivity contribution >= 4 is 12.0 Å². The van der Waals surface area contributed by atoms with Crippen LogP contribution in [0.4, 0.5) is 5.69 Å². The molecule has 0 saturated heterocycles. The monoisotopic (exact) mass is 259 g/mol. The number of hydrogen-bond acceptors (Lipinski definition) is 3. The summed E-state index contributed by atoms with van der Waals surface area (Å²) >= 11 is 0. The number of aliphatic imine (C=N–C) groups is 1. The van der Waals surface area contributed by atoms with Crippen LogP contribution in [0.2, 0.25) is 0 Å². The fraction of sp³-hybridized carbons (Fsp3) is 0.467. The van der Waals surface area contributed by atoms with Crippen LogP contribution >= 0.6 is 0 Å². The number of ether oxygens (including phenoxy) is 1. The van der Waals surface area contributed by atoms with Gasteiger partial charge in [0.2, 0.25) is 5.88 Å². The molecule has 102 valence electrons. The molecule has 1 aliphatic carbocycles. The second kappa shape index (κ2) is 6.36. The lowest BCUT2D eigenvalue weighted by molar-refractivity contribution is 0.207. The maximum Gasteiger partial charge on any atom is 0.213 e. The first-order valence-electron chi connectivity index (χ1n) is 6.72. The molecular weight excluding hydrogens is 238 g/mol. The van der Waals surface area contributed by atoms with Crippen molar-refractivity contribution in [3.8, 4) is 5.88 Å². The summed E-state index contributed by atoms with van der Waals surface area (Å²) in [6.07, 6.45) is 8.32. The van der Waals surface area contributed by atoms with E-state index in [0.717, 1.165) is 30.8 Å². The van der Waals surface area contributed by atoms with E-state index in [9.17, 15) is 0 Å². The predicted molar refractivity (Wildman–Crippen MR) is 78.2 cm³/mol. The Balaban J connectivity index is 2.02. The van der Waals surface area contributed by atoms with Gasteiger partial charge in [-0.15, -0.1) is 0 Å². The second-order valence-electron chi connectivity index (χ2n) is 4.75. The van der Waals surface area contributed by atoms with E-state index in [1.54, 1.807) is 0 Å². The molecule has 0 bridgehead atoms. The molecule has 0 radical (unpaired) electrons. The van der Waals surface area contributed by atoms with Gasteiger partial charge in [0.15, 0.2) is 0 Å². The average Bonchev–Trinajstić information content (AvgIpc) is 2.90. The standard InChI is InChI=1S/C15H21N3O/c1-4-18(3)11-16-14-9-10-15(17-12(14)2)19-13-7-5-6-8-13/h5-6,9-11,13H,4,7-8H2,1-3H3. The van der Waals surface area contributed by atoms with Crippen LogP contribution in [0.15, 0.2) is 29.3 Å². The first kappa shape index (κ1) is 13.6. The Morgan fingerprint density at radius 1 is 1.42 bits per heavy atom. The molecule has 0 spiro atoms. The van der Waals surface area contributed by atoms with E-state index in [0.29, 0.717) is 5.88 Å². The van der Waals surface area contributed by atoms with Crippen LogP contribution in [0.3, 0.4) is 0 Å². The Hall–Kier alpha value is -1.84. The molecule has 0 fully saturated rings. The molecule has 0 N–H and O–H groups in total. The summed E-state index contributed by atoms with van der Waals surface area (Å²) in [5, 5.41) is 0. The van der Waals surface area contributed by atoms with Crippen molar-refractivity contribution in [1.29, 1.82) is 0 Å². The third-order valence-corrected chi connectivity index (χ3v) is 3.18. The molecule has 0 amide bonds. The van der Waals surface area contributed by atoms with Crippen molar-refractivity contribution < 1.29 is 4.74 Å². The maximum absolute atomic E-state index is 5.82. The van der Waals surface area contributed by atoms with Gasteiger partial charge in [0.25, 0.3) is 0 Å². The quantitative estimate of drug-likeness (QED) is 0.463. The molecule has 0 atom stereocenters. The van der Waals surface area contributed by atoms with E-state index in [2.05, 4.69) is 29.1 Å². The summed E-state index contributed by atoms with van der Waals surface area (Å²) in [5.41, 5.74) is 1.78. The van der Waals surface area contributed by atoms with Gasteiger partial charge in [-0.1, -0.05) is 12.2 Å². The Morgan fingerprint density at radius 2 is 2.16 bits per heavy atom. The normalized spacial score (nSPS) is 15.3. The fourth-order valence-corrected chi connectivity index (χ4v) is 1.83. The average molecular weight is 259 g/mol. The highest BCUT2D eigenvalue weighted by atomic mass is 16.5. The van der Waals surface area contributed by atoms with Crippen molar-refractivity contribution in [3.05, 3.63) is 30.0 Å². The number of hydrogen-bond donors (Lipinski definition) is 0. The van der Waals surface area contributed by atoms with Gasteiger partial charge in [0.05, 0.1) is 17.7 Å². The first-order valence-corrected chi connectivity index (χ1v) is 6.72. The highest BCUT2D eigenvalue weighted by Gasteiger charge is 2.12. The van der Waals surface area contributed by atoms with E-state index < -0.39 is 0 Å². The van der Waals surface area contributed by atoms with Crippen LogP contribution in [-0.4, -0.2) is 35.9 Å². The van der Waals surface area contributed by atoms with Crippen LogP contribution < -0.4 is 4.74 Å². The topological polar surface area (TPSA) is 37.7 Å². The third-order valence-electron chi connectivity index (χ3n) is 3.18.